The predicted octanol–water partition coefficient (Wildman–Crippen LogP) is 4.99. The first-order valence-corrected chi connectivity index (χ1v) is 14.8. The number of likely N-dealkylation sites (N-methyl/N-ethyl adjacent to an activating group) is 1. The molecule has 1 saturated heterocycles. The van der Waals surface area contributed by atoms with E-state index in [-0.39, 0.29) is 16.6 Å². The third-order valence-electron chi connectivity index (χ3n) is 6.65. The van der Waals surface area contributed by atoms with Gasteiger partial charge in [-0.05, 0) is 68.4 Å². The number of anilines is 1. The number of fused-ring (bicyclic) bond motifs is 1. The summed E-state index contributed by atoms with van der Waals surface area (Å²) in [5, 5.41) is 0.494. The molecule has 36 heavy (non-hydrogen) atoms. The number of carbonyl (C=O) groups is 1. The maximum Gasteiger partial charge on any atom is 0.260 e. The number of rotatable bonds is 9. The molecular formula is C26H33FN4O3S2. The number of hydrogen-bond donors (Lipinski definition) is 0. The summed E-state index contributed by atoms with van der Waals surface area (Å²) in [4.78, 5) is 22.2. The molecule has 4 rings (SSSR count). The van der Waals surface area contributed by atoms with Gasteiger partial charge >= 0.3 is 0 Å². The van der Waals surface area contributed by atoms with E-state index in [9.17, 15) is 17.6 Å². The van der Waals surface area contributed by atoms with Crippen molar-refractivity contribution in [1.29, 1.82) is 0 Å². The molecule has 0 N–H and O–H groups in total. The van der Waals surface area contributed by atoms with Crippen molar-refractivity contribution in [2.45, 2.75) is 44.4 Å². The number of sulfonamides is 1. The molecule has 0 atom stereocenters. The molecule has 1 aliphatic rings. The lowest BCUT2D eigenvalue weighted by atomic mass is 10.2. The van der Waals surface area contributed by atoms with Gasteiger partial charge in [0.25, 0.3) is 5.91 Å². The van der Waals surface area contributed by atoms with Crippen molar-refractivity contribution >= 4 is 42.6 Å². The Hall–Kier alpha value is -2.40. The van der Waals surface area contributed by atoms with Crippen LogP contribution in [0.25, 0.3) is 10.2 Å². The van der Waals surface area contributed by atoms with Gasteiger partial charge in [0, 0.05) is 31.7 Å². The fourth-order valence-corrected chi connectivity index (χ4v) is 6.96. The maximum atomic E-state index is 13.7. The number of halogens is 1. The Morgan fingerprint density at radius 3 is 2.31 bits per heavy atom. The van der Waals surface area contributed by atoms with Crippen LogP contribution in [0.1, 0.15) is 49.9 Å². The Kier molecular flexibility index (Phi) is 8.71. The van der Waals surface area contributed by atoms with E-state index in [0.29, 0.717) is 47.1 Å². The number of benzene rings is 2. The highest BCUT2D eigenvalue weighted by Crippen LogP contribution is 2.30. The highest BCUT2D eigenvalue weighted by atomic mass is 32.2. The topological polar surface area (TPSA) is 73.8 Å². The first-order valence-electron chi connectivity index (χ1n) is 12.5. The van der Waals surface area contributed by atoms with Gasteiger partial charge in [0.2, 0.25) is 10.0 Å². The van der Waals surface area contributed by atoms with Crippen molar-refractivity contribution in [1.82, 2.24) is 14.2 Å². The third-order valence-corrected chi connectivity index (χ3v) is 9.61. The number of nitrogens with zero attached hydrogens (tertiary/aromatic N) is 4. The van der Waals surface area contributed by atoms with Gasteiger partial charge in [-0.3, -0.25) is 9.69 Å². The third kappa shape index (κ3) is 5.94. The Morgan fingerprint density at radius 1 is 1.00 bits per heavy atom. The van der Waals surface area contributed by atoms with Crippen molar-refractivity contribution in [2.24, 2.45) is 0 Å². The average Bonchev–Trinajstić information content (AvgIpc) is 3.09. The fraction of sp³-hybridized carbons (Fsp3) is 0.462. The Balaban J connectivity index is 1.61. The van der Waals surface area contributed by atoms with Gasteiger partial charge in [-0.1, -0.05) is 38.0 Å². The van der Waals surface area contributed by atoms with Crippen LogP contribution in [0, 0.1) is 5.82 Å². The number of thiazole rings is 1. The molecule has 0 radical (unpaired) electrons. The average molecular weight is 533 g/mol. The van der Waals surface area contributed by atoms with Crippen molar-refractivity contribution in [3.63, 3.8) is 0 Å². The molecule has 1 amide bonds. The van der Waals surface area contributed by atoms with E-state index in [4.69, 9.17) is 0 Å². The van der Waals surface area contributed by atoms with E-state index < -0.39 is 10.0 Å². The lowest BCUT2D eigenvalue weighted by Gasteiger charge is -2.25. The molecule has 10 heteroatoms. The van der Waals surface area contributed by atoms with E-state index in [1.165, 1.54) is 35.6 Å². The largest absolute Gasteiger partial charge is 0.302 e. The van der Waals surface area contributed by atoms with Crippen molar-refractivity contribution in [2.75, 3.05) is 44.2 Å². The normalized spacial score (nSPS) is 15.3. The van der Waals surface area contributed by atoms with Crippen LogP contribution in [-0.2, 0) is 10.0 Å². The number of hydrogen-bond acceptors (Lipinski definition) is 6. The van der Waals surface area contributed by atoms with Gasteiger partial charge in [-0.25, -0.2) is 17.8 Å². The van der Waals surface area contributed by atoms with Gasteiger partial charge in [-0.2, -0.15) is 4.31 Å². The molecule has 2 aromatic carbocycles. The molecule has 0 bridgehead atoms. The minimum atomic E-state index is -3.59. The molecule has 1 aliphatic heterocycles. The molecule has 1 aromatic heterocycles. The van der Waals surface area contributed by atoms with Crippen LogP contribution < -0.4 is 4.90 Å². The van der Waals surface area contributed by atoms with Crippen molar-refractivity contribution in [3.05, 3.63) is 53.8 Å². The molecule has 0 saturated carbocycles. The van der Waals surface area contributed by atoms with Crippen LogP contribution in [0.4, 0.5) is 9.52 Å². The van der Waals surface area contributed by atoms with Gasteiger partial charge in [0.05, 0.1) is 15.1 Å². The predicted molar refractivity (Wildman–Crippen MR) is 143 cm³/mol. The fourth-order valence-electron chi connectivity index (χ4n) is 4.42. The summed E-state index contributed by atoms with van der Waals surface area (Å²) in [5.74, 6) is -0.611. The number of amides is 1. The summed E-state index contributed by atoms with van der Waals surface area (Å²) in [7, 11) is -3.59. The number of carbonyl (C=O) groups excluding carboxylic acids is 1. The second-order valence-corrected chi connectivity index (χ2v) is 11.9. The standard InChI is InChI=1S/C26H33FN4O3S2/c1-3-29(4-2)17-18-31(26-28-23-14-11-21(27)19-24(23)35-26)25(32)20-9-12-22(13-10-20)36(33,34)30-15-7-5-6-8-16-30/h9-14,19H,3-8,15-18H2,1-2H3. The van der Waals surface area contributed by atoms with Crippen molar-refractivity contribution < 1.29 is 17.6 Å². The Bertz CT molecular complexity index is 1280. The van der Waals surface area contributed by atoms with Gasteiger partial charge < -0.3 is 4.90 Å². The summed E-state index contributed by atoms with van der Waals surface area (Å²) in [6.45, 7) is 7.97. The molecular weight excluding hydrogens is 499 g/mol. The molecule has 194 valence electrons. The maximum absolute atomic E-state index is 13.7. The summed E-state index contributed by atoms with van der Waals surface area (Å²) in [6, 6.07) is 10.6. The van der Waals surface area contributed by atoms with Crippen LogP contribution in [0.5, 0.6) is 0 Å². The van der Waals surface area contributed by atoms with E-state index >= 15 is 0 Å². The minimum absolute atomic E-state index is 0.200. The summed E-state index contributed by atoms with van der Waals surface area (Å²) in [5.41, 5.74) is 1.02. The second-order valence-electron chi connectivity index (χ2n) is 8.93. The highest BCUT2D eigenvalue weighted by molar-refractivity contribution is 7.89. The van der Waals surface area contributed by atoms with Crippen LogP contribution in [0.3, 0.4) is 0 Å². The van der Waals surface area contributed by atoms with Gasteiger partial charge in [-0.15, -0.1) is 0 Å². The molecule has 2 heterocycles. The first-order chi connectivity index (χ1) is 17.3. The second kappa shape index (κ2) is 11.8. The lowest BCUT2D eigenvalue weighted by molar-refractivity contribution is 0.0983. The quantitative estimate of drug-likeness (QED) is 0.388. The van der Waals surface area contributed by atoms with Crippen LogP contribution >= 0.6 is 11.3 Å². The SMILES string of the molecule is CCN(CC)CCN(C(=O)c1ccc(S(=O)(=O)N2CCCCCC2)cc1)c1nc2ccc(F)cc2s1. The zero-order valence-corrected chi connectivity index (χ0v) is 22.5. The zero-order valence-electron chi connectivity index (χ0n) is 20.8. The van der Waals surface area contributed by atoms with Crippen LogP contribution in [0.15, 0.2) is 47.4 Å². The molecule has 0 spiro atoms. The Labute approximate surface area is 216 Å². The summed E-state index contributed by atoms with van der Waals surface area (Å²) < 4.78 is 42.2. The molecule has 1 fully saturated rings. The highest BCUT2D eigenvalue weighted by Gasteiger charge is 2.27. The number of aromatic nitrogens is 1. The van der Waals surface area contributed by atoms with Gasteiger partial charge in [0.1, 0.15) is 5.82 Å². The van der Waals surface area contributed by atoms with Gasteiger partial charge in [0.15, 0.2) is 5.13 Å². The molecule has 3 aromatic rings. The monoisotopic (exact) mass is 532 g/mol. The summed E-state index contributed by atoms with van der Waals surface area (Å²) >= 11 is 1.27. The molecule has 0 unspecified atom stereocenters. The smallest absolute Gasteiger partial charge is 0.260 e. The van der Waals surface area contributed by atoms with Crippen LogP contribution in [0.2, 0.25) is 0 Å². The van der Waals surface area contributed by atoms with E-state index in [1.807, 2.05) is 0 Å². The first kappa shape index (κ1) is 26.7. The van der Waals surface area contributed by atoms with Crippen LogP contribution in [-0.4, -0.2) is 67.8 Å². The lowest BCUT2D eigenvalue weighted by Crippen LogP contribution is -2.39. The zero-order chi connectivity index (χ0) is 25.7. The Morgan fingerprint density at radius 2 is 1.67 bits per heavy atom. The van der Waals surface area contributed by atoms with Crippen molar-refractivity contribution in [3.8, 4) is 0 Å². The summed E-state index contributed by atoms with van der Waals surface area (Å²) in [6.07, 6.45) is 3.81. The van der Waals surface area contributed by atoms with E-state index in [2.05, 4.69) is 23.7 Å². The molecule has 0 aliphatic carbocycles. The minimum Gasteiger partial charge on any atom is -0.302 e. The van der Waals surface area contributed by atoms with E-state index in [0.717, 1.165) is 38.8 Å². The molecule has 7 nitrogen and oxygen atoms in total. The van der Waals surface area contributed by atoms with E-state index in [1.54, 1.807) is 27.4 Å².